The molecule has 3 heteroatoms. The quantitative estimate of drug-likeness (QED) is 0.750. The molecule has 81 valence electrons. The molecular weight excluding hydrogens is 188 g/mol. The molecule has 0 aliphatic carbocycles. The van der Waals surface area contributed by atoms with E-state index in [1.807, 2.05) is 30.3 Å². The van der Waals surface area contributed by atoms with Gasteiger partial charge in [0.05, 0.1) is 6.04 Å². The summed E-state index contributed by atoms with van der Waals surface area (Å²) in [5.74, 6) is -0.109. The fraction of sp³-hybridized carbons (Fsp3) is 0.333. The highest BCUT2D eigenvalue weighted by Crippen LogP contribution is 2.01. The first kappa shape index (κ1) is 11.7. The van der Waals surface area contributed by atoms with Crippen LogP contribution >= 0.6 is 0 Å². The standard InChI is InChI=1S/C12H17N2O/c1-2-8-14-12(15)11(13)9-10-6-4-3-5-7-10/h3-7,11H,1-2,8-9,13H2,(H,14,15). The van der Waals surface area contributed by atoms with E-state index in [1.54, 1.807) is 0 Å². The minimum absolute atomic E-state index is 0.109. The number of benzene rings is 1. The molecule has 1 aromatic carbocycles. The molecule has 1 atom stereocenters. The lowest BCUT2D eigenvalue weighted by Crippen LogP contribution is -2.42. The normalized spacial score (nSPS) is 12.1. The zero-order valence-corrected chi connectivity index (χ0v) is 8.78. The summed E-state index contributed by atoms with van der Waals surface area (Å²) in [6, 6.07) is 9.28. The molecule has 0 fully saturated rings. The molecule has 0 saturated heterocycles. The maximum absolute atomic E-state index is 11.4. The summed E-state index contributed by atoms with van der Waals surface area (Å²) in [4.78, 5) is 11.4. The minimum atomic E-state index is -0.473. The van der Waals surface area contributed by atoms with Crippen LogP contribution in [0, 0.1) is 6.92 Å². The highest BCUT2D eigenvalue weighted by atomic mass is 16.2. The van der Waals surface area contributed by atoms with Crippen LogP contribution in [-0.2, 0) is 11.2 Å². The Morgan fingerprint density at radius 3 is 2.67 bits per heavy atom. The van der Waals surface area contributed by atoms with Gasteiger partial charge in [0.2, 0.25) is 5.91 Å². The molecule has 0 aliphatic heterocycles. The van der Waals surface area contributed by atoms with E-state index in [-0.39, 0.29) is 5.91 Å². The number of carbonyl (C=O) groups is 1. The van der Waals surface area contributed by atoms with E-state index >= 15 is 0 Å². The van der Waals surface area contributed by atoms with Gasteiger partial charge in [0, 0.05) is 6.54 Å². The fourth-order valence-electron chi connectivity index (χ4n) is 1.30. The summed E-state index contributed by atoms with van der Waals surface area (Å²) >= 11 is 0. The molecule has 0 saturated carbocycles. The number of rotatable bonds is 5. The van der Waals surface area contributed by atoms with Crippen molar-refractivity contribution in [3.05, 3.63) is 42.8 Å². The van der Waals surface area contributed by atoms with Crippen LogP contribution in [0.1, 0.15) is 12.0 Å². The third kappa shape index (κ3) is 4.13. The van der Waals surface area contributed by atoms with Crippen LogP contribution in [0.15, 0.2) is 30.3 Å². The first-order valence-electron chi connectivity index (χ1n) is 5.10. The maximum Gasteiger partial charge on any atom is 0.237 e. The van der Waals surface area contributed by atoms with Crippen LogP contribution in [0.2, 0.25) is 0 Å². The van der Waals surface area contributed by atoms with Crippen molar-refractivity contribution in [1.82, 2.24) is 5.32 Å². The summed E-state index contributed by atoms with van der Waals surface area (Å²) in [6.07, 6.45) is 1.26. The smallest absolute Gasteiger partial charge is 0.237 e. The number of hydrogen-bond acceptors (Lipinski definition) is 2. The van der Waals surface area contributed by atoms with Gasteiger partial charge in [-0.1, -0.05) is 37.3 Å². The van der Waals surface area contributed by atoms with E-state index in [4.69, 9.17) is 5.73 Å². The van der Waals surface area contributed by atoms with Crippen molar-refractivity contribution in [2.75, 3.05) is 6.54 Å². The van der Waals surface area contributed by atoms with Crippen LogP contribution in [-0.4, -0.2) is 18.5 Å². The molecule has 1 unspecified atom stereocenters. The first-order chi connectivity index (χ1) is 7.24. The maximum atomic E-state index is 11.4. The molecule has 3 N–H and O–H groups in total. The molecule has 1 rings (SSSR count). The van der Waals surface area contributed by atoms with E-state index < -0.39 is 6.04 Å². The number of nitrogens with one attached hydrogen (secondary N) is 1. The van der Waals surface area contributed by atoms with Gasteiger partial charge in [-0.2, -0.15) is 0 Å². The zero-order chi connectivity index (χ0) is 11.1. The van der Waals surface area contributed by atoms with Crippen molar-refractivity contribution >= 4 is 5.91 Å². The van der Waals surface area contributed by atoms with E-state index in [0.717, 1.165) is 5.56 Å². The molecule has 0 aromatic heterocycles. The predicted molar refractivity (Wildman–Crippen MR) is 61.1 cm³/mol. The van der Waals surface area contributed by atoms with Crippen molar-refractivity contribution in [3.63, 3.8) is 0 Å². The van der Waals surface area contributed by atoms with Gasteiger partial charge >= 0.3 is 0 Å². The monoisotopic (exact) mass is 205 g/mol. The summed E-state index contributed by atoms with van der Waals surface area (Å²) in [7, 11) is 0. The Morgan fingerprint density at radius 1 is 1.40 bits per heavy atom. The average Bonchev–Trinajstić information content (AvgIpc) is 2.27. The highest BCUT2D eigenvalue weighted by Gasteiger charge is 2.12. The summed E-state index contributed by atoms with van der Waals surface area (Å²) in [5.41, 5.74) is 6.84. The second kappa shape index (κ2) is 6.19. The van der Waals surface area contributed by atoms with Gasteiger partial charge in [-0.25, -0.2) is 0 Å². The van der Waals surface area contributed by atoms with Gasteiger partial charge in [-0.3, -0.25) is 4.79 Å². The Hall–Kier alpha value is -1.35. The van der Waals surface area contributed by atoms with Crippen LogP contribution < -0.4 is 11.1 Å². The second-order valence-corrected chi connectivity index (χ2v) is 3.44. The summed E-state index contributed by atoms with van der Waals surface area (Å²) in [5, 5.41) is 2.73. The second-order valence-electron chi connectivity index (χ2n) is 3.44. The van der Waals surface area contributed by atoms with E-state index in [0.29, 0.717) is 19.4 Å². The lowest BCUT2D eigenvalue weighted by molar-refractivity contribution is -0.122. The lowest BCUT2D eigenvalue weighted by atomic mass is 10.1. The summed E-state index contributed by atoms with van der Waals surface area (Å²) < 4.78 is 0. The largest absolute Gasteiger partial charge is 0.355 e. The number of nitrogens with two attached hydrogens (primary N) is 1. The van der Waals surface area contributed by atoms with Crippen molar-refractivity contribution in [1.29, 1.82) is 0 Å². The molecule has 0 heterocycles. The molecule has 1 radical (unpaired) electrons. The minimum Gasteiger partial charge on any atom is -0.355 e. The van der Waals surface area contributed by atoms with Gasteiger partial charge in [0.25, 0.3) is 0 Å². The number of amides is 1. The predicted octanol–water partition coefficient (Wildman–Crippen LogP) is 0.897. The van der Waals surface area contributed by atoms with Crippen LogP contribution in [0.25, 0.3) is 0 Å². The highest BCUT2D eigenvalue weighted by molar-refractivity contribution is 5.81. The Balaban J connectivity index is 2.41. The lowest BCUT2D eigenvalue weighted by Gasteiger charge is -2.11. The summed E-state index contributed by atoms with van der Waals surface area (Å²) in [6.45, 7) is 4.23. The number of carbonyl (C=O) groups excluding carboxylic acids is 1. The fourth-order valence-corrected chi connectivity index (χ4v) is 1.30. The molecule has 15 heavy (non-hydrogen) atoms. The first-order valence-corrected chi connectivity index (χ1v) is 5.10. The number of hydrogen-bond donors (Lipinski definition) is 2. The van der Waals surface area contributed by atoms with Gasteiger partial charge in [0.15, 0.2) is 0 Å². The van der Waals surface area contributed by atoms with Crippen molar-refractivity contribution < 1.29 is 4.79 Å². The van der Waals surface area contributed by atoms with E-state index in [1.165, 1.54) is 0 Å². The Morgan fingerprint density at radius 2 is 2.07 bits per heavy atom. The molecule has 0 spiro atoms. The molecule has 0 aliphatic rings. The van der Waals surface area contributed by atoms with Crippen molar-refractivity contribution in [3.8, 4) is 0 Å². The van der Waals surface area contributed by atoms with Gasteiger partial charge in [-0.05, 0) is 18.4 Å². The molecule has 0 bridgehead atoms. The molecular formula is C12H17N2O. The van der Waals surface area contributed by atoms with Crippen LogP contribution in [0.3, 0.4) is 0 Å². The molecule has 1 aromatic rings. The molecule has 1 amide bonds. The third-order valence-electron chi connectivity index (χ3n) is 2.11. The van der Waals surface area contributed by atoms with E-state index in [2.05, 4.69) is 12.2 Å². The Kier molecular flexibility index (Phi) is 4.84. The van der Waals surface area contributed by atoms with Crippen molar-refractivity contribution in [2.45, 2.75) is 18.9 Å². The van der Waals surface area contributed by atoms with Crippen LogP contribution in [0.4, 0.5) is 0 Å². The van der Waals surface area contributed by atoms with Gasteiger partial charge < -0.3 is 11.1 Å². The average molecular weight is 205 g/mol. The molecule has 3 nitrogen and oxygen atoms in total. The SMILES string of the molecule is [CH2]CCNC(=O)C(N)Cc1ccccc1. The topological polar surface area (TPSA) is 55.1 Å². The Labute approximate surface area is 90.7 Å². The Bertz CT molecular complexity index is 298. The van der Waals surface area contributed by atoms with E-state index in [9.17, 15) is 4.79 Å². The zero-order valence-electron chi connectivity index (χ0n) is 8.78. The van der Waals surface area contributed by atoms with Crippen LogP contribution in [0.5, 0.6) is 0 Å². The van der Waals surface area contributed by atoms with Crippen molar-refractivity contribution in [2.24, 2.45) is 5.73 Å². The third-order valence-corrected chi connectivity index (χ3v) is 2.11. The van der Waals surface area contributed by atoms with Gasteiger partial charge in [0.1, 0.15) is 0 Å². The van der Waals surface area contributed by atoms with Gasteiger partial charge in [-0.15, -0.1) is 0 Å².